The number of nitrogens with zero attached hydrogens (tertiary/aromatic N) is 2. The lowest BCUT2D eigenvalue weighted by molar-refractivity contribution is -0.145. The molecule has 0 aromatic heterocycles. The van der Waals surface area contributed by atoms with Crippen molar-refractivity contribution in [3.05, 3.63) is 144 Å². The molecule has 4 aromatic rings. The quantitative estimate of drug-likeness (QED) is 0.431. The van der Waals surface area contributed by atoms with Gasteiger partial charge >= 0.3 is 5.97 Å². The molecule has 2 atom stereocenters. The highest BCUT2D eigenvalue weighted by molar-refractivity contribution is 6.01. The van der Waals surface area contributed by atoms with E-state index < -0.39 is 36.0 Å². The minimum atomic E-state index is -1.51. The number of hydrogen-bond donors (Lipinski definition) is 1. The maximum atomic E-state index is 14.0. The summed E-state index contributed by atoms with van der Waals surface area (Å²) in [5, 5.41) is 10.5. The molecule has 0 bridgehead atoms. The first-order valence-electron chi connectivity index (χ1n) is 11.7. The van der Waals surface area contributed by atoms with Gasteiger partial charge in [0, 0.05) is 11.1 Å². The van der Waals surface area contributed by atoms with Gasteiger partial charge in [-0.25, -0.2) is 4.79 Å². The standard InChI is InChI=1S/C30H24N2O4/c33-28(23-17-9-3-10-18-23)31-25(21-13-5-1-6-14-21)26(22-15-7-2-8-16-22)32(27(31)30(35)36)29(34)24-19-11-4-12-20-24/h1-20,25-27H,(H,35,36). The van der Waals surface area contributed by atoms with Crippen molar-refractivity contribution in [2.24, 2.45) is 0 Å². The second kappa shape index (κ2) is 9.88. The summed E-state index contributed by atoms with van der Waals surface area (Å²) < 4.78 is 0. The fourth-order valence-corrected chi connectivity index (χ4v) is 4.90. The van der Waals surface area contributed by atoms with Crippen LogP contribution < -0.4 is 0 Å². The number of amides is 2. The lowest BCUT2D eigenvalue weighted by atomic mass is 9.92. The van der Waals surface area contributed by atoms with Crippen LogP contribution in [-0.4, -0.2) is 38.9 Å². The van der Waals surface area contributed by atoms with Crippen molar-refractivity contribution in [2.45, 2.75) is 18.2 Å². The number of rotatable bonds is 5. The minimum absolute atomic E-state index is 0.352. The topological polar surface area (TPSA) is 77.9 Å². The van der Waals surface area contributed by atoms with Gasteiger partial charge in [0.1, 0.15) is 0 Å². The molecule has 1 aliphatic heterocycles. The van der Waals surface area contributed by atoms with Crippen LogP contribution in [0.15, 0.2) is 121 Å². The summed E-state index contributed by atoms with van der Waals surface area (Å²) >= 11 is 0. The summed E-state index contributed by atoms with van der Waals surface area (Å²) in [6, 6.07) is 34.3. The van der Waals surface area contributed by atoms with Crippen LogP contribution in [-0.2, 0) is 4.79 Å². The van der Waals surface area contributed by atoms with Crippen LogP contribution in [0.3, 0.4) is 0 Å². The second-order valence-corrected chi connectivity index (χ2v) is 8.58. The lowest BCUT2D eigenvalue weighted by Crippen LogP contribution is -2.50. The van der Waals surface area contributed by atoms with E-state index >= 15 is 0 Å². The molecule has 1 heterocycles. The fourth-order valence-electron chi connectivity index (χ4n) is 4.90. The third-order valence-corrected chi connectivity index (χ3v) is 6.44. The molecule has 0 saturated carbocycles. The number of hydrogen-bond acceptors (Lipinski definition) is 3. The van der Waals surface area contributed by atoms with E-state index in [9.17, 15) is 19.5 Å². The van der Waals surface area contributed by atoms with Gasteiger partial charge in [-0.3, -0.25) is 19.4 Å². The first-order chi connectivity index (χ1) is 17.6. The van der Waals surface area contributed by atoms with Crippen molar-refractivity contribution in [2.75, 3.05) is 0 Å². The largest absolute Gasteiger partial charge is 0.478 e. The van der Waals surface area contributed by atoms with E-state index in [4.69, 9.17) is 0 Å². The molecule has 5 rings (SSSR count). The predicted octanol–water partition coefficient (Wildman–Crippen LogP) is 5.18. The van der Waals surface area contributed by atoms with E-state index in [1.54, 1.807) is 60.7 Å². The third kappa shape index (κ3) is 4.14. The Balaban J connectivity index is 1.76. The zero-order valence-corrected chi connectivity index (χ0v) is 19.3. The van der Waals surface area contributed by atoms with Crippen LogP contribution in [0.25, 0.3) is 0 Å². The molecule has 1 fully saturated rings. The van der Waals surface area contributed by atoms with Crippen molar-refractivity contribution >= 4 is 17.8 Å². The first-order valence-corrected chi connectivity index (χ1v) is 11.7. The average molecular weight is 477 g/mol. The monoisotopic (exact) mass is 476 g/mol. The van der Waals surface area contributed by atoms with Crippen LogP contribution in [0.4, 0.5) is 0 Å². The van der Waals surface area contributed by atoms with Gasteiger partial charge in [0.25, 0.3) is 11.8 Å². The van der Waals surface area contributed by atoms with E-state index in [2.05, 4.69) is 0 Å². The minimum Gasteiger partial charge on any atom is -0.478 e. The zero-order valence-electron chi connectivity index (χ0n) is 19.3. The Morgan fingerprint density at radius 1 is 0.500 bits per heavy atom. The maximum absolute atomic E-state index is 14.0. The summed E-state index contributed by atoms with van der Waals surface area (Å²) in [4.78, 5) is 43.4. The summed E-state index contributed by atoms with van der Waals surface area (Å²) in [6.45, 7) is 0. The molecule has 2 amide bonds. The number of carbonyl (C=O) groups excluding carboxylic acids is 2. The van der Waals surface area contributed by atoms with E-state index in [1.807, 2.05) is 60.7 Å². The SMILES string of the molecule is O=C(O)C1N(C(=O)c2ccccc2)C(c2ccccc2)C(c2ccccc2)N1C(=O)c1ccccc1. The van der Waals surface area contributed by atoms with Gasteiger partial charge in [0.05, 0.1) is 12.1 Å². The van der Waals surface area contributed by atoms with Gasteiger partial charge < -0.3 is 5.11 Å². The number of benzene rings is 4. The van der Waals surface area contributed by atoms with Gasteiger partial charge in [-0.2, -0.15) is 0 Å². The van der Waals surface area contributed by atoms with Crippen molar-refractivity contribution in [3.63, 3.8) is 0 Å². The van der Waals surface area contributed by atoms with Gasteiger partial charge in [-0.15, -0.1) is 0 Å². The Bertz CT molecular complexity index is 1260. The number of carboxylic acids is 1. The molecule has 4 aromatic carbocycles. The first kappa shape index (κ1) is 23.1. The normalized spacial score (nSPS) is 19.2. The second-order valence-electron chi connectivity index (χ2n) is 8.58. The highest BCUT2D eigenvalue weighted by Gasteiger charge is 2.55. The molecule has 2 unspecified atom stereocenters. The molecule has 36 heavy (non-hydrogen) atoms. The molecule has 0 spiro atoms. The highest BCUT2D eigenvalue weighted by atomic mass is 16.4. The van der Waals surface area contributed by atoms with Crippen LogP contribution in [0, 0.1) is 0 Å². The summed E-state index contributed by atoms with van der Waals surface area (Å²) in [7, 11) is 0. The molecule has 1 aliphatic rings. The summed E-state index contributed by atoms with van der Waals surface area (Å²) in [5.74, 6) is -2.19. The predicted molar refractivity (Wildman–Crippen MR) is 135 cm³/mol. The van der Waals surface area contributed by atoms with Crippen molar-refractivity contribution in [1.29, 1.82) is 0 Å². The Labute approximate surface area is 209 Å². The van der Waals surface area contributed by atoms with Crippen molar-refractivity contribution in [3.8, 4) is 0 Å². The molecule has 1 N–H and O–H groups in total. The van der Waals surface area contributed by atoms with Gasteiger partial charge in [-0.1, -0.05) is 97.1 Å². The maximum Gasteiger partial charge on any atom is 0.347 e. The van der Waals surface area contributed by atoms with Crippen LogP contribution in [0.1, 0.15) is 43.9 Å². The average Bonchev–Trinajstić information content (AvgIpc) is 3.30. The van der Waals surface area contributed by atoms with Gasteiger partial charge in [0.15, 0.2) is 0 Å². The number of carbonyl (C=O) groups is 3. The zero-order chi connectivity index (χ0) is 25.1. The van der Waals surface area contributed by atoms with Crippen molar-refractivity contribution < 1.29 is 19.5 Å². The van der Waals surface area contributed by atoms with Crippen LogP contribution in [0.2, 0.25) is 0 Å². The molecule has 0 aliphatic carbocycles. The fraction of sp³-hybridized carbons (Fsp3) is 0.100. The molecule has 1 saturated heterocycles. The van der Waals surface area contributed by atoms with Gasteiger partial charge in [0.2, 0.25) is 6.17 Å². The highest BCUT2D eigenvalue weighted by Crippen LogP contribution is 2.48. The number of carboxylic acid groups (broad SMARTS) is 1. The Morgan fingerprint density at radius 2 is 0.806 bits per heavy atom. The van der Waals surface area contributed by atoms with E-state index in [0.29, 0.717) is 11.1 Å². The Kier molecular flexibility index (Phi) is 6.33. The molecule has 178 valence electrons. The number of aliphatic carboxylic acids is 1. The van der Waals surface area contributed by atoms with Crippen LogP contribution in [0.5, 0.6) is 0 Å². The van der Waals surface area contributed by atoms with E-state index in [-0.39, 0.29) is 0 Å². The molecule has 6 heteroatoms. The molecule has 6 nitrogen and oxygen atoms in total. The molecular weight excluding hydrogens is 452 g/mol. The smallest absolute Gasteiger partial charge is 0.347 e. The molecule has 0 radical (unpaired) electrons. The third-order valence-electron chi connectivity index (χ3n) is 6.44. The molecular formula is C30H24N2O4. The lowest BCUT2D eigenvalue weighted by Gasteiger charge is -2.29. The van der Waals surface area contributed by atoms with E-state index in [0.717, 1.165) is 11.1 Å². The van der Waals surface area contributed by atoms with Crippen LogP contribution >= 0.6 is 0 Å². The van der Waals surface area contributed by atoms with E-state index in [1.165, 1.54) is 9.80 Å². The Hall–Kier alpha value is -4.71. The summed E-state index contributed by atoms with van der Waals surface area (Å²) in [5.41, 5.74) is 2.19. The Morgan fingerprint density at radius 3 is 1.11 bits per heavy atom. The van der Waals surface area contributed by atoms with Gasteiger partial charge in [-0.05, 0) is 35.4 Å². The summed E-state index contributed by atoms with van der Waals surface area (Å²) in [6.07, 6.45) is -1.51. The van der Waals surface area contributed by atoms with Crippen molar-refractivity contribution in [1.82, 2.24) is 9.80 Å².